The molecule has 2 aromatic rings. The minimum Gasteiger partial charge on any atom is -0.352 e. The van der Waals surface area contributed by atoms with Gasteiger partial charge in [0.2, 0.25) is 21.8 Å². The molecule has 7 nitrogen and oxygen atoms in total. The number of rotatable bonds is 11. The summed E-state index contributed by atoms with van der Waals surface area (Å²) in [5.74, 6) is -0.323. The van der Waals surface area contributed by atoms with Gasteiger partial charge in [0.05, 0.1) is 11.9 Å². The molecule has 1 saturated carbocycles. The molecule has 3 rings (SSSR count). The first-order valence-corrected chi connectivity index (χ1v) is 15.6. The summed E-state index contributed by atoms with van der Waals surface area (Å²) in [6.07, 6.45) is 7.00. The Labute approximate surface area is 229 Å². The van der Waals surface area contributed by atoms with E-state index in [0.717, 1.165) is 41.3 Å². The number of anilines is 1. The van der Waals surface area contributed by atoms with Gasteiger partial charge in [0.15, 0.2) is 0 Å². The lowest BCUT2D eigenvalue weighted by atomic mass is 9.95. The predicted octanol–water partition coefficient (Wildman–Crippen LogP) is 5.17. The summed E-state index contributed by atoms with van der Waals surface area (Å²) in [6.45, 7) is 4.19. The van der Waals surface area contributed by atoms with Gasteiger partial charge in [-0.05, 0) is 62.9 Å². The van der Waals surface area contributed by atoms with Gasteiger partial charge in [-0.25, -0.2) is 8.42 Å². The van der Waals surface area contributed by atoms with Gasteiger partial charge in [0.1, 0.15) is 6.04 Å². The Morgan fingerprint density at radius 2 is 1.76 bits per heavy atom. The predicted molar refractivity (Wildman–Crippen MR) is 152 cm³/mol. The Hall–Kier alpha value is -2.39. The first-order chi connectivity index (χ1) is 17.5. The van der Waals surface area contributed by atoms with Crippen LogP contribution in [0.4, 0.5) is 5.69 Å². The van der Waals surface area contributed by atoms with Crippen LogP contribution < -0.4 is 9.62 Å². The van der Waals surface area contributed by atoms with Crippen molar-refractivity contribution in [1.82, 2.24) is 10.2 Å². The number of sulfonamides is 1. The average Bonchev–Trinajstić information content (AvgIpc) is 2.85. The second-order valence-corrected chi connectivity index (χ2v) is 12.8. The Balaban J connectivity index is 1.71. The molecular weight excluding hydrogens is 554 g/mol. The van der Waals surface area contributed by atoms with Crippen LogP contribution in [0.5, 0.6) is 0 Å². The molecule has 0 unspecified atom stereocenters. The third-order valence-electron chi connectivity index (χ3n) is 6.83. The van der Waals surface area contributed by atoms with Crippen LogP contribution in [-0.4, -0.2) is 50.0 Å². The SMILES string of the molecule is Cc1ccc(N(CCCC(=O)N(Cc2cccc(Br)c2)[C@@H](C)C(=O)NC2CCCCC2)S(C)(=O)=O)cc1. The topological polar surface area (TPSA) is 86.8 Å². The monoisotopic (exact) mass is 591 g/mol. The third kappa shape index (κ3) is 8.85. The maximum absolute atomic E-state index is 13.4. The molecule has 9 heteroatoms. The van der Waals surface area contributed by atoms with Crippen molar-refractivity contribution in [2.45, 2.75) is 77.4 Å². The van der Waals surface area contributed by atoms with Gasteiger partial charge in [0.25, 0.3) is 0 Å². The largest absolute Gasteiger partial charge is 0.352 e. The van der Waals surface area contributed by atoms with E-state index in [2.05, 4.69) is 21.2 Å². The van der Waals surface area contributed by atoms with E-state index in [1.165, 1.54) is 17.0 Å². The van der Waals surface area contributed by atoms with Gasteiger partial charge in [-0.15, -0.1) is 0 Å². The van der Waals surface area contributed by atoms with E-state index in [1.807, 2.05) is 43.3 Å². The van der Waals surface area contributed by atoms with Gasteiger partial charge in [-0.1, -0.05) is 65.0 Å². The smallest absolute Gasteiger partial charge is 0.242 e. The van der Waals surface area contributed by atoms with Crippen molar-refractivity contribution >= 4 is 43.5 Å². The van der Waals surface area contributed by atoms with E-state index in [4.69, 9.17) is 0 Å². The highest BCUT2D eigenvalue weighted by Crippen LogP contribution is 2.21. The van der Waals surface area contributed by atoms with Crippen LogP contribution >= 0.6 is 15.9 Å². The maximum atomic E-state index is 13.4. The summed E-state index contributed by atoms with van der Waals surface area (Å²) < 4.78 is 27.2. The van der Waals surface area contributed by atoms with Gasteiger partial charge >= 0.3 is 0 Å². The van der Waals surface area contributed by atoms with Crippen LogP contribution in [-0.2, 0) is 26.2 Å². The fourth-order valence-electron chi connectivity index (χ4n) is 4.70. The fourth-order valence-corrected chi connectivity index (χ4v) is 6.11. The van der Waals surface area contributed by atoms with Crippen LogP contribution in [0.15, 0.2) is 53.0 Å². The Kier molecular flexibility index (Phi) is 10.6. The molecule has 0 saturated heterocycles. The number of benzene rings is 2. The summed E-state index contributed by atoms with van der Waals surface area (Å²) in [5.41, 5.74) is 2.53. The third-order valence-corrected chi connectivity index (χ3v) is 8.52. The second-order valence-electron chi connectivity index (χ2n) is 9.95. The zero-order chi connectivity index (χ0) is 27.0. The van der Waals surface area contributed by atoms with E-state index in [1.54, 1.807) is 24.0 Å². The van der Waals surface area contributed by atoms with E-state index < -0.39 is 16.1 Å². The molecular formula is C28H38BrN3O4S. The molecule has 0 bridgehead atoms. The molecule has 1 aliphatic rings. The molecule has 1 atom stereocenters. The van der Waals surface area contributed by atoms with Crippen LogP contribution in [0.25, 0.3) is 0 Å². The van der Waals surface area contributed by atoms with Crippen molar-refractivity contribution in [2.24, 2.45) is 0 Å². The number of carbonyl (C=O) groups is 2. The number of amides is 2. The lowest BCUT2D eigenvalue weighted by Crippen LogP contribution is -2.50. The lowest BCUT2D eigenvalue weighted by molar-refractivity contribution is -0.141. The van der Waals surface area contributed by atoms with Crippen LogP contribution in [0, 0.1) is 6.92 Å². The molecule has 1 N–H and O–H groups in total. The van der Waals surface area contributed by atoms with Crippen LogP contribution in [0.1, 0.15) is 63.0 Å². The zero-order valence-corrected chi connectivity index (χ0v) is 24.4. The number of carbonyl (C=O) groups excluding carboxylic acids is 2. The highest BCUT2D eigenvalue weighted by atomic mass is 79.9. The average molecular weight is 593 g/mol. The number of nitrogens with one attached hydrogen (secondary N) is 1. The van der Waals surface area contributed by atoms with E-state index in [0.29, 0.717) is 18.7 Å². The van der Waals surface area contributed by atoms with Crippen molar-refractivity contribution in [3.05, 3.63) is 64.1 Å². The molecule has 0 heterocycles. The molecule has 202 valence electrons. The van der Waals surface area contributed by atoms with Gasteiger partial charge in [-0.3, -0.25) is 13.9 Å². The first-order valence-electron chi connectivity index (χ1n) is 12.9. The fraction of sp³-hybridized carbons (Fsp3) is 0.500. The second kappa shape index (κ2) is 13.4. The number of halogens is 1. The van der Waals surface area contributed by atoms with Crippen molar-refractivity contribution in [1.29, 1.82) is 0 Å². The number of hydrogen-bond donors (Lipinski definition) is 1. The molecule has 0 spiro atoms. The van der Waals surface area contributed by atoms with E-state index >= 15 is 0 Å². The summed E-state index contributed by atoms with van der Waals surface area (Å²) in [4.78, 5) is 28.2. The van der Waals surface area contributed by atoms with E-state index in [-0.39, 0.29) is 30.8 Å². The summed E-state index contributed by atoms with van der Waals surface area (Å²) in [7, 11) is -3.51. The highest BCUT2D eigenvalue weighted by Gasteiger charge is 2.28. The van der Waals surface area contributed by atoms with Crippen molar-refractivity contribution < 1.29 is 18.0 Å². The molecule has 0 aliphatic heterocycles. The van der Waals surface area contributed by atoms with Crippen molar-refractivity contribution in [3.63, 3.8) is 0 Å². The van der Waals surface area contributed by atoms with E-state index in [9.17, 15) is 18.0 Å². The quantitative estimate of drug-likeness (QED) is 0.390. The minimum absolute atomic E-state index is 0.132. The summed E-state index contributed by atoms with van der Waals surface area (Å²) >= 11 is 3.48. The van der Waals surface area contributed by atoms with Gasteiger partial charge in [-0.2, -0.15) is 0 Å². The molecule has 2 aromatic carbocycles. The van der Waals surface area contributed by atoms with Gasteiger partial charge < -0.3 is 10.2 Å². The Bertz CT molecular complexity index is 1160. The maximum Gasteiger partial charge on any atom is 0.242 e. The highest BCUT2D eigenvalue weighted by molar-refractivity contribution is 9.10. The Morgan fingerprint density at radius 1 is 1.08 bits per heavy atom. The first kappa shape index (κ1) is 29.2. The molecule has 37 heavy (non-hydrogen) atoms. The molecule has 0 radical (unpaired) electrons. The normalized spacial score (nSPS) is 15.1. The standard InChI is InChI=1S/C28H38BrN3O4S/c1-21-14-16-26(17-15-21)32(37(3,35)36)18-8-13-27(33)31(20-23-9-7-10-24(29)19-23)22(2)28(34)30-25-11-5-4-6-12-25/h7,9-10,14-17,19,22,25H,4-6,8,11-13,18,20H2,1-3H3,(H,30,34)/t22-/m0/s1. The van der Waals surface area contributed by atoms with Crippen molar-refractivity contribution in [2.75, 3.05) is 17.1 Å². The molecule has 1 aliphatic carbocycles. The lowest BCUT2D eigenvalue weighted by Gasteiger charge is -2.31. The minimum atomic E-state index is -3.51. The zero-order valence-electron chi connectivity index (χ0n) is 22.0. The molecule has 1 fully saturated rings. The number of hydrogen-bond acceptors (Lipinski definition) is 4. The number of aryl methyl sites for hydroxylation is 1. The molecule has 0 aromatic heterocycles. The molecule has 2 amide bonds. The van der Waals surface area contributed by atoms with Crippen LogP contribution in [0.3, 0.4) is 0 Å². The number of nitrogens with zero attached hydrogens (tertiary/aromatic N) is 2. The Morgan fingerprint density at radius 3 is 2.38 bits per heavy atom. The summed E-state index contributed by atoms with van der Waals surface area (Å²) in [5, 5.41) is 3.14. The summed E-state index contributed by atoms with van der Waals surface area (Å²) in [6, 6.07) is 14.5. The van der Waals surface area contributed by atoms with Crippen LogP contribution in [0.2, 0.25) is 0 Å². The van der Waals surface area contributed by atoms with Gasteiger partial charge in [0, 0.05) is 30.0 Å². The van der Waals surface area contributed by atoms with Crippen molar-refractivity contribution in [3.8, 4) is 0 Å².